The zero-order valence-electron chi connectivity index (χ0n) is 20.4. The third-order valence-electron chi connectivity index (χ3n) is 6.91. The van der Waals surface area contributed by atoms with Gasteiger partial charge in [-0.05, 0) is 42.3 Å². The van der Waals surface area contributed by atoms with Gasteiger partial charge in [0.1, 0.15) is 17.2 Å². The van der Waals surface area contributed by atoms with Gasteiger partial charge in [0.15, 0.2) is 5.78 Å². The van der Waals surface area contributed by atoms with Gasteiger partial charge in [-0.15, -0.1) is 0 Å². The largest absolute Gasteiger partial charge is 0.497 e. The SMILES string of the molecule is COc1ccc(N2CCN(c3ncc4c(n3)C[C@@H](c3ccc(OC)cc3OC)CC4=O)CC2)cc1. The van der Waals surface area contributed by atoms with Crippen molar-refractivity contribution in [3.05, 3.63) is 65.5 Å². The average Bonchev–Trinajstić information content (AvgIpc) is 2.92. The summed E-state index contributed by atoms with van der Waals surface area (Å²) in [5.74, 6) is 3.08. The van der Waals surface area contributed by atoms with Gasteiger partial charge >= 0.3 is 0 Å². The van der Waals surface area contributed by atoms with E-state index in [1.54, 1.807) is 27.5 Å². The minimum atomic E-state index is 0.00512. The van der Waals surface area contributed by atoms with Crippen molar-refractivity contribution in [1.82, 2.24) is 9.97 Å². The lowest BCUT2D eigenvalue weighted by Gasteiger charge is -2.36. The van der Waals surface area contributed by atoms with Gasteiger partial charge < -0.3 is 24.0 Å². The van der Waals surface area contributed by atoms with Crippen LogP contribution in [0.2, 0.25) is 0 Å². The number of methoxy groups -OCH3 is 3. The van der Waals surface area contributed by atoms with Crippen molar-refractivity contribution in [1.29, 1.82) is 0 Å². The van der Waals surface area contributed by atoms with E-state index in [1.165, 1.54) is 5.69 Å². The van der Waals surface area contributed by atoms with Gasteiger partial charge in [0.2, 0.25) is 5.95 Å². The number of hydrogen-bond donors (Lipinski definition) is 0. The van der Waals surface area contributed by atoms with Gasteiger partial charge in [-0.2, -0.15) is 0 Å². The number of hydrogen-bond acceptors (Lipinski definition) is 8. The molecule has 2 aromatic carbocycles. The number of benzene rings is 2. The van der Waals surface area contributed by atoms with Crippen molar-refractivity contribution in [3.8, 4) is 17.2 Å². The predicted octanol–water partition coefficient (Wildman–Crippen LogP) is 3.74. The lowest BCUT2D eigenvalue weighted by molar-refractivity contribution is 0.0962. The number of anilines is 2. The van der Waals surface area contributed by atoms with E-state index in [0.29, 0.717) is 24.4 Å². The van der Waals surface area contributed by atoms with Gasteiger partial charge in [0, 0.05) is 56.5 Å². The van der Waals surface area contributed by atoms with Crippen LogP contribution in [0.4, 0.5) is 11.6 Å². The van der Waals surface area contributed by atoms with E-state index in [2.05, 4.69) is 26.9 Å². The summed E-state index contributed by atoms with van der Waals surface area (Å²) in [7, 11) is 4.95. The molecular weight excluding hydrogens is 444 g/mol. The van der Waals surface area contributed by atoms with Gasteiger partial charge in [-0.1, -0.05) is 6.07 Å². The van der Waals surface area contributed by atoms with E-state index in [0.717, 1.165) is 54.7 Å². The molecule has 2 aliphatic rings. The van der Waals surface area contributed by atoms with Crippen LogP contribution in [0.5, 0.6) is 17.2 Å². The third-order valence-corrected chi connectivity index (χ3v) is 6.91. The molecule has 8 nitrogen and oxygen atoms in total. The summed E-state index contributed by atoms with van der Waals surface area (Å²) in [6.45, 7) is 3.37. The highest BCUT2D eigenvalue weighted by Crippen LogP contribution is 2.38. The molecule has 1 aliphatic carbocycles. The van der Waals surface area contributed by atoms with E-state index in [4.69, 9.17) is 19.2 Å². The number of aromatic nitrogens is 2. The Morgan fingerprint density at radius 1 is 0.829 bits per heavy atom. The van der Waals surface area contributed by atoms with Crippen molar-refractivity contribution in [2.75, 3.05) is 57.3 Å². The first-order valence-corrected chi connectivity index (χ1v) is 11.8. The molecule has 35 heavy (non-hydrogen) atoms. The first-order chi connectivity index (χ1) is 17.1. The summed E-state index contributed by atoms with van der Waals surface area (Å²) >= 11 is 0. The Balaban J connectivity index is 1.31. The predicted molar refractivity (Wildman–Crippen MR) is 134 cm³/mol. The minimum Gasteiger partial charge on any atom is -0.497 e. The summed E-state index contributed by atoms with van der Waals surface area (Å²) in [4.78, 5) is 26.9. The molecule has 3 aromatic rings. The number of carbonyl (C=O) groups excluding carboxylic acids is 1. The zero-order valence-corrected chi connectivity index (χ0v) is 20.4. The van der Waals surface area contributed by atoms with Crippen LogP contribution >= 0.6 is 0 Å². The molecule has 2 heterocycles. The van der Waals surface area contributed by atoms with Crippen molar-refractivity contribution in [2.24, 2.45) is 0 Å². The molecule has 5 rings (SSSR count). The second kappa shape index (κ2) is 9.82. The summed E-state index contributed by atoms with van der Waals surface area (Å²) in [6, 6.07) is 13.9. The van der Waals surface area contributed by atoms with Crippen LogP contribution in [-0.4, -0.2) is 63.3 Å². The van der Waals surface area contributed by atoms with Crippen LogP contribution in [0.1, 0.15) is 34.0 Å². The second-order valence-electron chi connectivity index (χ2n) is 8.84. The average molecular weight is 475 g/mol. The normalized spacial score (nSPS) is 17.7. The molecule has 1 aliphatic heterocycles. The van der Waals surface area contributed by atoms with Gasteiger partial charge in [0.05, 0.1) is 32.6 Å². The number of carbonyl (C=O) groups is 1. The van der Waals surface area contributed by atoms with Crippen molar-refractivity contribution in [3.63, 3.8) is 0 Å². The number of rotatable bonds is 6. The van der Waals surface area contributed by atoms with E-state index in [-0.39, 0.29) is 11.7 Å². The Kier molecular flexibility index (Phi) is 6.44. The molecule has 0 unspecified atom stereocenters. The maximum atomic E-state index is 13.0. The monoisotopic (exact) mass is 474 g/mol. The van der Waals surface area contributed by atoms with Gasteiger partial charge in [-0.25, -0.2) is 9.97 Å². The maximum Gasteiger partial charge on any atom is 0.225 e. The number of piperazine rings is 1. The fraction of sp³-hybridized carbons (Fsp3) is 0.370. The molecular formula is C27H30N4O4. The number of ether oxygens (including phenoxy) is 3. The summed E-state index contributed by atoms with van der Waals surface area (Å²) < 4.78 is 16.2. The highest BCUT2D eigenvalue weighted by atomic mass is 16.5. The van der Waals surface area contributed by atoms with Crippen molar-refractivity contribution in [2.45, 2.75) is 18.8 Å². The van der Waals surface area contributed by atoms with E-state index in [9.17, 15) is 4.79 Å². The Morgan fingerprint density at radius 3 is 2.20 bits per heavy atom. The first-order valence-electron chi connectivity index (χ1n) is 11.8. The lowest BCUT2D eigenvalue weighted by Crippen LogP contribution is -2.47. The molecule has 0 bridgehead atoms. The molecule has 1 fully saturated rings. The standard InChI is InChI=1S/C27H30N4O4/c1-33-20-6-4-19(5-7-20)30-10-12-31(13-11-30)27-28-17-23-24(29-27)14-18(15-25(23)32)22-9-8-21(34-2)16-26(22)35-3/h4-9,16-18H,10-15H2,1-3H3/t18-/m1/s1. The number of Topliss-reactive ketones (excluding diaryl/α,β-unsaturated/α-hetero) is 1. The van der Waals surface area contributed by atoms with Crippen LogP contribution < -0.4 is 24.0 Å². The second-order valence-corrected chi connectivity index (χ2v) is 8.84. The third kappa shape index (κ3) is 4.60. The maximum absolute atomic E-state index is 13.0. The number of fused-ring (bicyclic) bond motifs is 1. The van der Waals surface area contributed by atoms with Crippen LogP contribution in [0, 0.1) is 0 Å². The highest BCUT2D eigenvalue weighted by Gasteiger charge is 2.31. The van der Waals surface area contributed by atoms with Crippen LogP contribution in [0.25, 0.3) is 0 Å². The summed E-state index contributed by atoms with van der Waals surface area (Å²) in [5, 5.41) is 0. The molecule has 182 valence electrons. The van der Waals surface area contributed by atoms with E-state index >= 15 is 0 Å². The molecule has 1 atom stereocenters. The Morgan fingerprint density at radius 2 is 1.51 bits per heavy atom. The van der Waals surface area contributed by atoms with Crippen molar-refractivity contribution < 1.29 is 19.0 Å². The topological polar surface area (TPSA) is 77.0 Å². The quantitative estimate of drug-likeness (QED) is 0.535. The van der Waals surface area contributed by atoms with Crippen LogP contribution in [0.15, 0.2) is 48.7 Å². The minimum absolute atomic E-state index is 0.00512. The van der Waals surface area contributed by atoms with Gasteiger partial charge in [0.25, 0.3) is 0 Å². The van der Waals surface area contributed by atoms with E-state index < -0.39 is 0 Å². The fourth-order valence-electron chi connectivity index (χ4n) is 4.92. The Hall–Kier alpha value is -3.81. The molecule has 0 N–H and O–H groups in total. The molecule has 0 spiro atoms. The Labute approximate surface area is 205 Å². The number of nitrogens with zero attached hydrogens (tertiary/aromatic N) is 4. The highest BCUT2D eigenvalue weighted by molar-refractivity contribution is 5.98. The van der Waals surface area contributed by atoms with Crippen LogP contribution in [0.3, 0.4) is 0 Å². The smallest absolute Gasteiger partial charge is 0.225 e. The summed E-state index contributed by atoms with van der Waals surface area (Å²) in [5.41, 5.74) is 3.63. The molecule has 0 amide bonds. The lowest BCUT2D eigenvalue weighted by atomic mass is 9.82. The number of ketones is 1. The Bertz CT molecular complexity index is 1210. The molecule has 0 radical (unpaired) electrons. The molecule has 1 saturated heterocycles. The van der Waals surface area contributed by atoms with Gasteiger partial charge in [-0.3, -0.25) is 4.79 Å². The fourth-order valence-corrected chi connectivity index (χ4v) is 4.92. The zero-order chi connectivity index (χ0) is 24.4. The van der Waals surface area contributed by atoms with E-state index in [1.807, 2.05) is 30.3 Å². The molecule has 1 aromatic heterocycles. The van der Waals surface area contributed by atoms with Crippen molar-refractivity contribution >= 4 is 17.4 Å². The summed E-state index contributed by atoms with van der Waals surface area (Å²) in [6.07, 6.45) is 2.79. The molecule has 8 heteroatoms. The molecule has 0 saturated carbocycles. The first kappa shape index (κ1) is 23.0. The van der Waals surface area contributed by atoms with Crippen LogP contribution in [-0.2, 0) is 6.42 Å².